The fourth-order valence-corrected chi connectivity index (χ4v) is 2.66. The smallest absolute Gasteiger partial charge is 0.313 e. The van der Waals surface area contributed by atoms with Gasteiger partial charge in [0.1, 0.15) is 0 Å². The third-order valence-corrected chi connectivity index (χ3v) is 4.21. The number of hydrogen-bond acceptors (Lipinski definition) is 6. The van der Waals surface area contributed by atoms with E-state index in [9.17, 15) is 9.59 Å². The molecule has 1 aliphatic heterocycles. The summed E-state index contributed by atoms with van der Waals surface area (Å²) in [5, 5.41) is 0. The van der Waals surface area contributed by atoms with E-state index in [2.05, 4.69) is 4.90 Å². The van der Waals surface area contributed by atoms with E-state index >= 15 is 0 Å². The molecule has 0 aromatic heterocycles. The van der Waals surface area contributed by atoms with Gasteiger partial charge < -0.3 is 19.1 Å². The van der Waals surface area contributed by atoms with Gasteiger partial charge in [-0.2, -0.15) is 0 Å². The van der Waals surface area contributed by atoms with Gasteiger partial charge in [0, 0.05) is 38.3 Å². The van der Waals surface area contributed by atoms with Crippen LogP contribution in [0.2, 0.25) is 0 Å². The molecule has 1 amide bonds. The average molecular weight is 350 g/mol. The number of esters is 1. The molecule has 0 atom stereocenters. The molecular formula is C18H26N2O5. The quantitative estimate of drug-likeness (QED) is 0.422. The van der Waals surface area contributed by atoms with Crippen molar-refractivity contribution in [3.63, 3.8) is 0 Å². The molecule has 0 spiro atoms. The van der Waals surface area contributed by atoms with Crippen molar-refractivity contribution in [1.82, 2.24) is 9.80 Å². The second kappa shape index (κ2) is 8.71. The predicted octanol–water partition coefficient (Wildman–Crippen LogP) is 1.54. The number of carbonyl (C=O) groups is 2. The lowest BCUT2D eigenvalue weighted by atomic mass is 10.1. The van der Waals surface area contributed by atoms with Crippen molar-refractivity contribution in [2.45, 2.75) is 20.4 Å². The van der Waals surface area contributed by atoms with Gasteiger partial charge in [0.25, 0.3) is 0 Å². The number of piperazine rings is 1. The molecule has 0 bridgehead atoms. The summed E-state index contributed by atoms with van der Waals surface area (Å²) in [6, 6.07) is 3.69. The van der Waals surface area contributed by atoms with Crippen molar-refractivity contribution in [1.29, 1.82) is 0 Å². The molecule has 1 saturated heterocycles. The first-order chi connectivity index (χ1) is 12.0. The molecule has 0 unspecified atom stereocenters. The number of ether oxygens (including phenoxy) is 3. The summed E-state index contributed by atoms with van der Waals surface area (Å²) in [4.78, 5) is 26.9. The van der Waals surface area contributed by atoms with Crippen LogP contribution < -0.4 is 14.2 Å². The van der Waals surface area contributed by atoms with Gasteiger partial charge >= 0.3 is 5.97 Å². The lowest BCUT2D eigenvalue weighted by molar-refractivity contribution is -0.138. The van der Waals surface area contributed by atoms with Crippen LogP contribution in [0.5, 0.6) is 17.2 Å². The van der Waals surface area contributed by atoms with Crippen LogP contribution >= 0.6 is 0 Å². The minimum Gasteiger partial charge on any atom is -0.493 e. The highest BCUT2D eigenvalue weighted by molar-refractivity contribution is 5.76. The van der Waals surface area contributed by atoms with E-state index in [1.54, 1.807) is 25.9 Å². The van der Waals surface area contributed by atoms with Gasteiger partial charge in [-0.15, -0.1) is 0 Å². The zero-order valence-electron chi connectivity index (χ0n) is 15.3. The van der Waals surface area contributed by atoms with Crippen LogP contribution in [-0.4, -0.2) is 62.6 Å². The molecule has 0 N–H and O–H groups in total. The van der Waals surface area contributed by atoms with Gasteiger partial charge in [-0.05, 0) is 6.07 Å². The highest BCUT2D eigenvalue weighted by atomic mass is 16.6. The summed E-state index contributed by atoms with van der Waals surface area (Å²) >= 11 is 0. The molecule has 1 aliphatic rings. The zero-order chi connectivity index (χ0) is 18.4. The summed E-state index contributed by atoms with van der Waals surface area (Å²) in [7, 11) is 3.07. The van der Waals surface area contributed by atoms with Crippen molar-refractivity contribution >= 4 is 12.4 Å². The van der Waals surface area contributed by atoms with Gasteiger partial charge in [-0.1, -0.05) is 19.9 Å². The van der Waals surface area contributed by atoms with Crippen LogP contribution in [0.3, 0.4) is 0 Å². The van der Waals surface area contributed by atoms with Gasteiger partial charge in [0.05, 0.1) is 20.1 Å². The average Bonchev–Trinajstić information content (AvgIpc) is 2.63. The number of hydrogen-bond donors (Lipinski definition) is 0. The van der Waals surface area contributed by atoms with Crippen LogP contribution in [0.25, 0.3) is 0 Å². The van der Waals surface area contributed by atoms with E-state index in [4.69, 9.17) is 14.2 Å². The Labute approximate surface area is 148 Å². The van der Waals surface area contributed by atoms with E-state index in [1.165, 1.54) is 7.11 Å². The van der Waals surface area contributed by atoms with Crippen LogP contribution in [-0.2, 0) is 16.1 Å². The predicted molar refractivity (Wildman–Crippen MR) is 92.9 cm³/mol. The lowest BCUT2D eigenvalue weighted by Crippen LogP contribution is -2.45. The molecule has 1 aromatic carbocycles. The van der Waals surface area contributed by atoms with Crippen molar-refractivity contribution in [3.8, 4) is 17.2 Å². The molecule has 0 saturated carbocycles. The van der Waals surface area contributed by atoms with Crippen molar-refractivity contribution in [3.05, 3.63) is 17.7 Å². The van der Waals surface area contributed by atoms with Gasteiger partial charge in [-0.25, -0.2) is 0 Å². The summed E-state index contributed by atoms with van der Waals surface area (Å²) in [5.74, 6) is 0.765. The summed E-state index contributed by atoms with van der Waals surface area (Å²) < 4.78 is 16.4. The molecule has 1 fully saturated rings. The topological polar surface area (TPSA) is 68.3 Å². The SMILES string of the molecule is COc1ccc(CN2CCN(C=O)CC2)c(OC(=O)C(C)C)c1OC. The molecule has 7 heteroatoms. The molecule has 138 valence electrons. The molecule has 1 aromatic rings. The Bertz CT molecular complexity index is 610. The minimum absolute atomic E-state index is 0.250. The monoisotopic (exact) mass is 350 g/mol. The molecule has 1 heterocycles. The van der Waals surface area contributed by atoms with Crippen LogP contribution in [0.4, 0.5) is 0 Å². The van der Waals surface area contributed by atoms with Crippen LogP contribution in [0.15, 0.2) is 12.1 Å². The highest BCUT2D eigenvalue weighted by Crippen LogP contribution is 2.40. The first-order valence-electron chi connectivity index (χ1n) is 8.37. The number of rotatable bonds is 7. The van der Waals surface area contributed by atoms with Gasteiger partial charge in [0.2, 0.25) is 12.2 Å². The molecule has 2 rings (SSSR count). The lowest BCUT2D eigenvalue weighted by Gasteiger charge is -2.33. The maximum Gasteiger partial charge on any atom is 0.313 e. The molecule has 0 aliphatic carbocycles. The van der Waals surface area contributed by atoms with Gasteiger partial charge in [-0.3, -0.25) is 14.5 Å². The van der Waals surface area contributed by atoms with E-state index in [1.807, 2.05) is 12.1 Å². The number of amides is 1. The number of benzene rings is 1. The number of nitrogens with zero attached hydrogens (tertiary/aromatic N) is 2. The first kappa shape index (κ1) is 19.1. The number of methoxy groups -OCH3 is 2. The van der Waals surface area contributed by atoms with E-state index in [0.29, 0.717) is 36.9 Å². The Balaban J connectivity index is 2.26. The van der Waals surface area contributed by atoms with E-state index in [0.717, 1.165) is 25.1 Å². The minimum atomic E-state index is -0.321. The summed E-state index contributed by atoms with van der Waals surface area (Å²) in [5.41, 5.74) is 0.853. The van der Waals surface area contributed by atoms with Crippen LogP contribution in [0.1, 0.15) is 19.4 Å². The fraction of sp³-hybridized carbons (Fsp3) is 0.556. The standard InChI is InChI=1S/C18H26N2O5/c1-13(2)18(22)25-16-14(5-6-15(23-3)17(16)24-4)11-19-7-9-20(12-21)10-8-19/h5-6,12-13H,7-11H2,1-4H3. The Morgan fingerprint density at radius 1 is 1.12 bits per heavy atom. The third kappa shape index (κ3) is 4.63. The number of carbonyl (C=O) groups excluding carboxylic acids is 2. The third-order valence-electron chi connectivity index (χ3n) is 4.21. The van der Waals surface area contributed by atoms with E-state index in [-0.39, 0.29) is 11.9 Å². The van der Waals surface area contributed by atoms with Crippen molar-refractivity contribution < 1.29 is 23.8 Å². The Morgan fingerprint density at radius 2 is 1.80 bits per heavy atom. The van der Waals surface area contributed by atoms with Crippen molar-refractivity contribution in [2.75, 3.05) is 40.4 Å². The van der Waals surface area contributed by atoms with E-state index < -0.39 is 0 Å². The Kier molecular flexibility index (Phi) is 6.64. The first-order valence-corrected chi connectivity index (χ1v) is 8.37. The molecule has 25 heavy (non-hydrogen) atoms. The maximum absolute atomic E-state index is 12.1. The molecule has 7 nitrogen and oxygen atoms in total. The Morgan fingerprint density at radius 3 is 2.32 bits per heavy atom. The second-order valence-electron chi connectivity index (χ2n) is 6.28. The summed E-state index contributed by atoms with van der Waals surface area (Å²) in [6.07, 6.45) is 0.879. The fourth-order valence-electron chi connectivity index (χ4n) is 2.66. The van der Waals surface area contributed by atoms with Gasteiger partial charge in [0.15, 0.2) is 11.5 Å². The molecular weight excluding hydrogens is 324 g/mol. The Hall–Kier alpha value is -2.28. The second-order valence-corrected chi connectivity index (χ2v) is 6.28. The van der Waals surface area contributed by atoms with Crippen LogP contribution in [0, 0.1) is 5.92 Å². The highest BCUT2D eigenvalue weighted by Gasteiger charge is 2.23. The maximum atomic E-state index is 12.1. The zero-order valence-corrected chi connectivity index (χ0v) is 15.3. The normalized spacial score (nSPS) is 15.2. The summed E-state index contributed by atoms with van der Waals surface area (Å²) in [6.45, 7) is 7.10. The van der Waals surface area contributed by atoms with Crippen molar-refractivity contribution in [2.24, 2.45) is 5.92 Å². The largest absolute Gasteiger partial charge is 0.493 e. The molecule has 0 radical (unpaired) electrons.